The molecule has 0 rings (SSSR count). The predicted octanol–water partition coefficient (Wildman–Crippen LogP) is 3.73. The van der Waals surface area contributed by atoms with Gasteiger partial charge in [0.25, 0.3) is 0 Å². The molecule has 0 aromatic rings. The number of hydrogen-bond acceptors (Lipinski definition) is 1. The summed E-state index contributed by atoms with van der Waals surface area (Å²) >= 11 is 5.57. The first-order chi connectivity index (χ1) is 6.54. The fourth-order valence-electron chi connectivity index (χ4n) is 0.584. The van der Waals surface area contributed by atoms with Crippen LogP contribution in [0.5, 0.6) is 0 Å². The molecule has 0 saturated carbocycles. The number of rotatable bonds is 0. The van der Waals surface area contributed by atoms with E-state index in [1.807, 2.05) is 14.1 Å². The van der Waals surface area contributed by atoms with Crippen LogP contribution in [0.3, 0.4) is 0 Å². The Morgan fingerprint density at radius 3 is 1.38 bits per heavy atom. The molecule has 102 valence electrons. The Morgan fingerprint density at radius 1 is 1.12 bits per heavy atom. The van der Waals surface area contributed by atoms with Gasteiger partial charge in [-0.1, -0.05) is 0 Å². The van der Waals surface area contributed by atoms with E-state index in [4.69, 9.17) is 16.5 Å². The molecule has 16 heavy (non-hydrogen) atoms. The molecular formula is C5H12ClF6N2OP. The van der Waals surface area contributed by atoms with Gasteiger partial charge in [-0.3, -0.25) is 0 Å². The zero-order valence-corrected chi connectivity index (χ0v) is 10.5. The number of methoxy groups -OCH3 is 1. The second-order valence-corrected chi connectivity index (χ2v) is 5.24. The molecule has 0 fully saturated rings. The Morgan fingerprint density at radius 2 is 1.38 bits per heavy atom. The molecule has 0 unspecified atom stereocenters. The summed E-state index contributed by atoms with van der Waals surface area (Å²) in [7, 11) is -3.65. The van der Waals surface area contributed by atoms with Crippen LogP contribution >= 0.6 is 19.6 Å². The van der Waals surface area contributed by atoms with Crippen LogP contribution in [0.2, 0.25) is 0 Å². The van der Waals surface area contributed by atoms with E-state index in [0.717, 1.165) is 0 Å². The standard InChI is InChI=1S/C5H12ClN2O.F6P/c1-7(2)5(9-4)8(3)6;1-7(2,3,4,5)6/h1-4H3;/q+1;-1. The molecule has 0 N–H and O–H groups in total. The van der Waals surface area contributed by atoms with Crippen molar-refractivity contribution in [2.75, 3.05) is 28.3 Å². The minimum atomic E-state index is -10.7. The molecule has 0 aromatic carbocycles. The maximum absolute atomic E-state index is 10.7. The van der Waals surface area contributed by atoms with Gasteiger partial charge in [0.05, 0.1) is 28.3 Å². The third-order valence-corrected chi connectivity index (χ3v) is 0.973. The Balaban J connectivity index is 0. The second kappa shape index (κ2) is 4.44. The van der Waals surface area contributed by atoms with E-state index in [2.05, 4.69) is 0 Å². The molecule has 0 spiro atoms. The average Bonchev–Trinajstić information content (AvgIpc) is 1.77. The summed E-state index contributed by atoms with van der Waals surface area (Å²) in [5.41, 5.74) is 0. The van der Waals surface area contributed by atoms with E-state index in [1.54, 1.807) is 19.1 Å². The van der Waals surface area contributed by atoms with Crippen LogP contribution in [-0.4, -0.2) is 43.3 Å². The van der Waals surface area contributed by atoms with Gasteiger partial charge in [-0.15, -0.1) is 4.09 Å². The van der Waals surface area contributed by atoms with Crippen LogP contribution in [0.1, 0.15) is 0 Å². The van der Waals surface area contributed by atoms with Crippen molar-refractivity contribution < 1.29 is 34.0 Å². The van der Waals surface area contributed by atoms with Gasteiger partial charge in [-0.25, -0.2) is 4.90 Å². The number of nitrogens with zero attached hydrogens (tertiary/aromatic N) is 2. The van der Waals surface area contributed by atoms with Crippen molar-refractivity contribution in [2.24, 2.45) is 0 Å². The first-order valence-corrected chi connectivity index (χ1v) is 5.95. The first-order valence-electron chi connectivity index (χ1n) is 3.58. The van der Waals surface area contributed by atoms with Crippen LogP contribution in [0.25, 0.3) is 0 Å². The predicted molar refractivity (Wildman–Crippen MR) is 51.3 cm³/mol. The van der Waals surface area contributed by atoms with Crippen molar-refractivity contribution in [2.45, 2.75) is 0 Å². The molecular weight excluding hydrogens is 284 g/mol. The summed E-state index contributed by atoms with van der Waals surface area (Å²) in [6.07, 6.45) is 0. The molecule has 0 radical (unpaired) electrons. The fourth-order valence-corrected chi connectivity index (χ4v) is 0.804. The van der Waals surface area contributed by atoms with Crippen molar-refractivity contribution in [3.8, 4) is 0 Å². The zero-order chi connectivity index (χ0) is 13.8. The first kappa shape index (κ1) is 17.9. The quantitative estimate of drug-likeness (QED) is 0.222. The van der Waals surface area contributed by atoms with Crippen molar-refractivity contribution in [3.05, 3.63) is 0 Å². The summed E-state index contributed by atoms with van der Waals surface area (Å²) in [5, 5.41) is 0. The Labute approximate surface area is 93.6 Å². The van der Waals surface area contributed by atoms with Crippen molar-refractivity contribution in [1.29, 1.82) is 0 Å². The molecule has 0 atom stereocenters. The van der Waals surface area contributed by atoms with Gasteiger partial charge in [0.2, 0.25) is 0 Å². The topological polar surface area (TPSA) is 15.5 Å². The third-order valence-electron chi connectivity index (χ3n) is 0.829. The molecule has 0 amide bonds. The van der Waals surface area contributed by atoms with E-state index in [-0.39, 0.29) is 0 Å². The SMILES string of the molecule is COC(N(C)C)=[N+](C)Cl.F[P-](F)(F)(F)(F)F. The molecule has 0 aliphatic carbocycles. The average molecular weight is 297 g/mol. The van der Waals surface area contributed by atoms with Crippen LogP contribution in [0, 0.1) is 0 Å². The summed E-state index contributed by atoms with van der Waals surface area (Å²) in [5.74, 6) is 0. The van der Waals surface area contributed by atoms with E-state index < -0.39 is 7.81 Å². The maximum atomic E-state index is 9.87. The summed E-state index contributed by atoms with van der Waals surface area (Å²) in [6.45, 7) is 0. The van der Waals surface area contributed by atoms with E-state index >= 15 is 0 Å². The fraction of sp³-hybridized carbons (Fsp3) is 0.800. The van der Waals surface area contributed by atoms with Gasteiger partial charge >= 0.3 is 39.0 Å². The van der Waals surface area contributed by atoms with Gasteiger partial charge in [-0.05, 0) is 0 Å². The number of hydrogen-bond donors (Lipinski definition) is 0. The molecule has 0 saturated heterocycles. The normalized spacial score (nSPS) is 17.2. The second-order valence-electron chi connectivity index (χ2n) is 2.82. The Bertz CT molecular complexity index is 257. The number of halogens is 7. The van der Waals surface area contributed by atoms with Gasteiger partial charge in [0.15, 0.2) is 0 Å². The summed E-state index contributed by atoms with van der Waals surface area (Å²) < 4.78 is 65.5. The van der Waals surface area contributed by atoms with Crippen LogP contribution in [-0.2, 0) is 4.74 Å². The molecule has 0 heterocycles. The molecule has 0 aromatic heterocycles. The molecule has 0 aliphatic rings. The monoisotopic (exact) mass is 296 g/mol. The van der Waals surface area contributed by atoms with Crippen molar-refractivity contribution >= 4 is 25.6 Å². The van der Waals surface area contributed by atoms with Gasteiger partial charge in [0.1, 0.15) is 11.8 Å². The van der Waals surface area contributed by atoms with Gasteiger partial charge in [0, 0.05) is 0 Å². The van der Waals surface area contributed by atoms with E-state index in [9.17, 15) is 25.2 Å². The Kier molecular flexibility index (Phi) is 4.99. The van der Waals surface area contributed by atoms with Crippen molar-refractivity contribution in [1.82, 2.24) is 4.90 Å². The van der Waals surface area contributed by atoms with E-state index in [0.29, 0.717) is 6.02 Å². The van der Waals surface area contributed by atoms with Crippen LogP contribution in [0.15, 0.2) is 0 Å². The number of ether oxygens (including phenoxy) is 1. The number of amidine groups is 1. The molecule has 11 heteroatoms. The summed E-state index contributed by atoms with van der Waals surface area (Å²) in [4.78, 5) is 1.78. The molecule has 0 aliphatic heterocycles. The van der Waals surface area contributed by atoms with E-state index in [1.165, 1.54) is 4.09 Å². The van der Waals surface area contributed by atoms with Gasteiger partial charge in [-0.2, -0.15) is 0 Å². The van der Waals surface area contributed by atoms with Crippen LogP contribution < -0.4 is 0 Å². The zero-order valence-electron chi connectivity index (χ0n) is 8.90. The summed E-state index contributed by atoms with van der Waals surface area (Å²) in [6, 6.07) is 0.622. The molecule has 0 bridgehead atoms. The van der Waals surface area contributed by atoms with Crippen molar-refractivity contribution in [3.63, 3.8) is 0 Å². The minimum absolute atomic E-state index is 0.622. The van der Waals surface area contributed by atoms with Gasteiger partial charge < -0.3 is 4.74 Å². The third kappa shape index (κ3) is 23.4. The Hall–Kier alpha value is -0.430. The molecule has 3 nitrogen and oxygen atoms in total. The van der Waals surface area contributed by atoms with Crippen LogP contribution in [0.4, 0.5) is 25.2 Å².